The number of hydrogen-bond donors (Lipinski definition) is 3. The van der Waals surface area contributed by atoms with Gasteiger partial charge in [0.1, 0.15) is 0 Å². The molecule has 0 spiro atoms. The quantitative estimate of drug-likeness (QED) is 0.396. The molecule has 0 fully saturated rings. The molecule has 1 heterocycles. The zero-order chi connectivity index (χ0) is 15.8. The second kappa shape index (κ2) is 8.73. The fourth-order valence-electron chi connectivity index (χ4n) is 2.11. The Kier molecular flexibility index (Phi) is 6.64. The van der Waals surface area contributed by atoms with E-state index in [1.54, 1.807) is 18.0 Å². The molecule has 0 aliphatic heterocycles. The van der Waals surface area contributed by atoms with E-state index < -0.39 is 0 Å². The Balaban J connectivity index is 1.88. The lowest BCUT2D eigenvalue weighted by atomic mass is 10.1. The van der Waals surface area contributed by atoms with Crippen LogP contribution >= 0.6 is 11.8 Å². The van der Waals surface area contributed by atoms with Gasteiger partial charge in [-0.2, -0.15) is 5.10 Å². The second-order valence-corrected chi connectivity index (χ2v) is 6.09. The summed E-state index contributed by atoms with van der Waals surface area (Å²) in [6.45, 7) is 4.89. The van der Waals surface area contributed by atoms with Crippen molar-refractivity contribution in [2.45, 2.75) is 6.92 Å². The van der Waals surface area contributed by atoms with Crippen LogP contribution in [0, 0.1) is 12.3 Å². The molecule has 2 aromatic rings. The van der Waals surface area contributed by atoms with E-state index in [-0.39, 0.29) is 0 Å². The van der Waals surface area contributed by atoms with E-state index in [9.17, 15) is 0 Å². The summed E-state index contributed by atoms with van der Waals surface area (Å²) in [5, 5.41) is 19.5. The summed E-state index contributed by atoms with van der Waals surface area (Å²) in [4.78, 5) is 0. The number of thioether (sulfide) groups is 1. The van der Waals surface area contributed by atoms with E-state index in [4.69, 9.17) is 5.41 Å². The van der Waals surface area contributed by atoms with Crippen LogP contribution < -0.4 is 10.6 Å². The predicted octanol–water partition coefficient (Wildman–Crippen LogP) is 2.05. The van der Waals surface area contributed by atoms with Crippen LogP contribution in [-0.2, 0) is 0 Å². The molecule has 6 heteroatoms. The van der Waals surface area contributed by atoms with Gasteiger partial charge in [-0.1, -0.05) is 0 Å². The summed E-state index contributed by atoms with van der Waals surface area (Å²) in [5.74, 6) is 0.906. The summed E-state index contributed by atoms with van der Waals surface area (Å²) in [5.41, 5.74) is 3.13. The number of nitrogens with zero attached hydrogens (tertiary/aromatic N) is 2. The maximum atomic E-state index is 8.23. The van der Waals surface area contributed by atoms with Crippen LogP contribution in [0.4, 0.5) is 0 Å². The largest absolute Gasteiger partial charge is 0.318 e. The Morgan fingerprint density at radius 3 is 2.86 bits per heavy atom. The van der Waals surface area contributed by atoms with Gasteiger partial charge in [-0.25, -0.2) is 4.68 Å². The Morgan fingerprint density at radius 2 is 2.18 bits per heavy atom. The maximum absolute atomic E-state index is 8.23. The number of rotatable bonds is 8. The highest BCUT2D eigenvalue weighted by Crippen LogP contribution is 2.19. The van der Waals surface area contributed by atoms with E-state index in [2.05, 4.69) is 21.8 Å². The standard InChI is InChI=1S/C16H23N5S/c1-13-12-14(21-10-3-6-20-21)4-5-15(13)16(17)22-11-9-19-8-7-18-2/h3-6,10,12,17-19H,7-9,11H2,1-2H3. The third kappa shape index (κ3) is 4.69. The number of aromatic nitrogens is 2. The molecule has 5 nitrogen and oxygen atoms in total. The number of hydrogen-bond acceptors (Lipinski definition) is 5. The van der Waals surface area contributed by atoms with E-state index in [0.717, 1.165) is 42.2 Å². The molecule has 0 aliphatic carbocycles. The number of nitrogens with one attached hydrogen (secondary N) is 3. The zero-order valence-corrected chi connectivity index (χ0v) is 13.9. The number of aryl methyl sites for hydroxylation is 1. The zero-order valence-electron chi connectivity index (χ0n) is 13.1. The predicted molar refractivity (Wildman–Crippen MR) is 94.4 cm³/mol. The number of benzene rings is 1. The van der Waals surface area contributed by atoms with Gasteiger partial charge in [0.15, 0.2) is 0 Å². The van der Waals surface area contributed by atoms with Gasteiger partial charge in [0.05, 0.1) is 10.7 Å². The summed E-state index contributed by atoms with van der Waals surface area (Å²) < 4.78 is 1.83. The van der Waals surface area contributed by atoms with Crippen molar-refractivity contribution in [3.8, 4) is 5.69 Å². The Hall–Kier alpha value is -1.63. The van der Waals surface area contributed by atoms with E-state index in [1.807, 2.05) is 43.0 Å². The van der Waals surface area contributed by atoms with Crippen LogP contribution in [0.25, 0.3) is 5.69 Å². The Labute approximate surface area is 136 Å². The molecule has 22 heavy (non-hydrogen) atoms. The lowest BCUT2D eigenvalue weighted by molar-refractivity contribution is 0.675. The van der Waals surface area contributed by atoms with Crippen molar-refractivity contribution in [1.82, 2.24) is 20.4 Å². The summed E-state index contributed by atoms with van der Waals surface area (Å²) in [6, 6.07) is 8.00. The van der Waals surface area contributed by atoms with Crippen LogP contribution in [0.15, 0.2) is 36.7 Å². The van der Waals surface area contributed by atoms with Crippen molar-refractivity contribution >= 4 is 16.8 Å². The van der Waals surface area contributed by atoms with Crippen LogP contribution in [0.2, 0.25) is 0 Å². The van der Waals surface area contributed by atoms with Crippen molar-refractivity contribution in [2.24, 2.45) is 0 Å². The summed E-state index contributed by atoms with van der Waals surface area (Å²) in [6.07, 6.45) is 3.69. The highest BCUT2D eigenvalue weighted by Gasteiger charge is 2.07. The minimum atomic E-state index is 0.625. The van der Waals surface area contributed by atoms with E-state index in [1.165, 1.54) is 0 Å². The van der Waals surface area contributed by atoms with Gasteiger partial charge in [-0.05, 0) is 43.8 Å². The van der Waals surface area contributed by atoms with Gasteiger partial charge in [0, 0.05) is 43.3 Å². The lowest BCUT2D eigenvalue weighted by Gasteiger charge is -2.10. The molecular formula is C16H23N5S. The molecule has 2 rings (SSSR count). The monoisotopic (exact) mass is 317 g/mol. The summed E-state index contributed by atoms with van der Waals surface area (Å²) >= 11 is 1.58. The van der Waals surface area contributed by atoms with Gasteiger partial charge in [0.2, 0.25) is 0 Å². The molecule has 1 aromatic heterocycles. The van der Waals surface area contributed by atoms with Crippen LogP contribution in [0.5, 0.6) is 0 Å². The van der Waals surface area contributed by atoms with E-state index in [0.29, 0.717) is 5.04 Å². The first-order valence-corrected chi connectivity index (χ1v) is 8.38. The SMILES string of the molecule is CNCCNCCSC(=N)c1ccc(-n2cccn2)cc1C. The molecule has 0 aliphatic rings. The average molecular weight is 317 g/mol. The minimum absolute atomic E-state index is 0.625. The maximum Gasteiger partial charge on any atom is 0.0945 e. The Bertz CT molecular complexity index is 595. The number of likely N-dealkylation sites (N-methyl/N-ethyl adjacent to an activating group) is 1. The third-order valence-electron chi connectivity index (χ3n) is 3.30. The molecule has 0 atom stereocenters. The molecule has 0 unspecified atom stereocenters. The minimum Gasteiger partial charge on any atom is -0.318 e. The van der Waals surface area contributed by atoms with Gasteiger partial charge >= 0.3 is 0 Å². The third-order valence-corrected chi connectivity index (χ3v) is 4.22. The van der Waals surface area contributed by atoms with Gasteiger partial charge in [-0.15, -0.1) is 11.8 Å². The highest BCUT2D eigenvalue weighted by molar-refractivity contribution is 8.14. The molecule has 118 valence electrons. The van der Waals surface area contributed by atoms with Crippen molar-refractivity contribution < 1.29 is 0 Å². The smallest absolute Gasteiger partial charge is 0.0945 e. The molecule has 1 aromatic carbocycles. The molecule has 0 saturated heterocycles. The first-order valence-electron chi connectivity index (χ1n) is 7.40. The highest BCUT2D eigenvalue weighted by atomic mass is 32.2. The molecular weight excluding hydrogens is 294 g/mol. The molecule has 0 amide bonds. The van der Waals surface area contributed by atoms with Gasteiger partial charge in [-0.3, -0.25) is 5.41 Å². The van der Waals surface area contributed by atoms with Gasteiger partial charge in [0.25, 0.3) is 0 Å². The van der Waals surface area contributed by atoms with Crippen molar-refractivity contribution in [3.63, 3.8) is 0 Å². The molecule has 0 saturated carbocycles. The summed E-state index contributed by atoms with van der Waals surface area (Å²) in [7, 11) is 1.95. The molecule has 3 N–H and O–H groups in total. The normalized spacial score (nSPS) is 10.8. The topological polar surface area (TPSA) is 65.7 Å². The average Bonchev–Trinajstić information content (AvgIpc) is 3.04. The molecule has 0 radical (unpaired) electrons. The molecule has 0 bridgehead atoms. The van der Waals surface area contributed by atoms with Crippen molar-refractivity contribution in [3.05, 3.63) is 47.8 Å². The van der Waals surface area contributed by atoms with Crippen LogP contribution in [-0.4, -0.2) is 47.3 Å². The fraction of sp³-hybridized carbons (Fsp3) is 0.375. The van der Waals surface area contributed by atoms with Crippen LogP contribution in [0.3, 0.4) is 0 Å². The second-order valence-electron chi connectivity index (χ2n) is 4.98. The van der Waals surface area contributed by atoms with Gasteiger partial charge < -0.3 is 10.6 Å². The first kappa shape index (κ1) is 16.7. The van der Waals surface area contributed by atoms with Crippen LogP contribution in [0.1, 0.15) is 11.1 Å². The van der Waals surface area contributed by atoms with Crippen molar-refractivity contribution in [1.29, 1.82) is 5.41 Å². The van der Waals surface area contributed by atoms with E-state index >= 15 is 0 Å². The lowest BCUT2D eigenvalue weighted by Crippen LogP contribution is -2.26. The van der Waals surface area contributed by atoms with Crippen molar-refractivity contribution in [2.75, 3.05) is 32.4 Å². The first-order chi connectivity index (χ1) is 10.7. The fourth-order valence-corrected chi connectivity index (χ4v) is 2.94. The Morgan fingerprint density at radius 1 is 1.32 bits per heavy atom.